The van der Waals surface area contributed by atoms with E-state index in [9.17, 15) is 19.8 Å². The van der Waals surface area contributed by atoms with Gasteiger partial charge in [-0.05, 0) is 88.4 Å². The van der Waals surface area contributed by atoms with Crippen LogP contribution in [0.2, 0.25) is 0 Å². The van der Waals surface area contributed by atoms with Gasteiger partial charge in [-0.2, -0.15) is 0 Å². The normalized spacial score (nSPS) is 42.0. The van der Waals surface area contributed by atoms with Crippen LogP contribution >= 0.6 is 0 Å². The van der Waals surface area contributed by atoms with E-state index in [1.54, 1.807) is 0 Å². The predicted octanol–water partition coefficient (Wildman–Crippen LogP) is 3.68. The highest BCUT2D eigenvalue weighted by Crippen LogP contribution is 2.61. The second-order valence-corrected chi connectivity index (χ2v) is 11.5. The molecule has 3 aliphatic carbocycles. The number of aliphatic hydroxyl groups is 2. The van der Waals surface area contributed by atoms with Crippen LogP contribution in [0.1, 0.15) is 79.6 Å². The molecule has 3 N–H and O–H groups in total. The van der Waals surface area contributed by atoms with Gasteiger partial charge in [0, 0.05) is 25.0 Å². The molecule has 0 aromatic heterocycles. The Kier molecular flexibility index (Phi) is 6.60. The molecule has 3 saturated carbocycles. The Hall–Kier alpha value is -1.14. The zero-order chi connectivity index (χ0) is 22.3. The van der Waals surface area contributed by atoms with Gasteiger partial charge >= 0.3 is 6.09 Å². The van der Waals surface area contributed by atoms with E-state index in [1.165, 1.54) is 0 Å². The average molecular weight is 424 g/mol. The van der Waals surface area contributed by atoms with E-state index in [0.717, 1.165) is 32.1 Å². The van der Waals surface area contributed by atoms with E-state index >= 15 is 0 Å². The van der Waals surface area contributed by atoms with Gasteiger partial charge in [-0.15, -0.1) is 0 Å². The summed E-state index contributed by atoms with van der Waals surface area (Å²) in [5.41, 5.74) is -0.974. The number of alkyl carbamates (subject to hydrolysis) is 1. The number of amides is 1. The van der Waals surface area contributed by atoms with Crippen molar-refractivity contribution in [2.75, 3.05) is 13.2 Å². The molecule has 0 bridgehead atoms. The van der Waals surface area contributed by atoms with Crippen LogP contribution in [0.3, 0.4) is 0 Å². The van der Waals surface area contributed by atoms with Crippen LogP contribution in [0, 0.1) is 34.5 Å². The van der Waals surface area contributed by atoms with Crippen molar-refractivity contribution >= 4 is 11.9 Å². The minimum atomic E-state index is -0.554. The minimum absolute atomic E-state index is 0.0386. The fourth-order valence-electron chi connectivity index (χ4n) is 6.85. The molecule has 0 spiro atoms. The van der Waals surface area contributed by atoms with E-state index in [0.29, 0.717) is 31.1 Å². The summed E-state index contributed by atoms with van der Waals surface area (Å²) in [6, 6.07) is 0. The van der Waals surface area contributed by atoms with Gasteiger partial charge in [0.1, 0.15) is 11.4 Å². The van der Waals surface area contributed by atoms with Crippen molar-refractivity contribution in [3.05, 3.63) is 0 Å². The molecule has 3 rings (SSSR count). The molecule has 0 unspecified atom stereocenters. The van der Waals surface area contributed by atoms with Crippen LogP contribution in [-0.4, -0.2) is 46.9 Å². The monoisotopic (exact) mass is 423 g/mol. The number of carbonyl (C=O) groups is 2. The maximum Gasteiger partial charge on any atom is 0.407 e. The molecule has 0 radical (unpaired) electrons. The van der Waals surface area contributed by atoms with E-state index < -0.39 is 11.7 Å². The Balaban J connectivity index is 1.85. The zero-order valence-corrected chi connectivity index (χ0v) is 19.4. The molecule has 6 nitrogen and oxygen atoms in total. The summed E-state index contributed by atoms with van der Waals surface area (Å²) in [7, 11) is 0. The van der Waals surface area contributed by atoms with Gasteiger partial charge in [0.05, 0.1) is 6.10 Å². The van der Waals surface area contributed by atoms with E-state index in [1.807, 2.05) is 20.8 Å². The van der Waals surface area contributed by atoms with Crippen molar-refractivity contribution in [3.63, 3.8) is 0 Å². The summed E-state index contributed by atoms with van der Waals surface area (Å²) in [5, 5.41) is 23.3. The number of hydrogen-bond acceptors (Lipinski definition) is 5. The number of Topliss-reactive ketones (excluding diaryl/α,β-unsaturated/α-hetero) is 1. The summed E-state index contributed by atoms with van der Waals surface area (Å²) >= 11 is 0. The first kappa shape index (κ1) is 23.5. The zero-order valence-electron chi connectivity index (χ0n) is 19.4. The summed E-state index contributed by atoms with van der Waals surface area (Å²) in [6.45, 7) is 10.5. The SMILES string of the molecule is CC(C)(C)OC(=O)NC[C@@H]1[C@@H]([C@@]2(C)CC[C@H](O)C[C@@H]2CO)CC[C@]2(C)C(=O)CC[C@@H]12. The van der Waals surface area contributed by atoms with Gasteiger partial charge in [0.25, 0.3) is 0 Å². The lowest BCUT2D eigenvalue weighted by Crippen LogP contribution is -2.54. The summed E-state index contributed by atoms with van der Waals surface area (Å²) < 4.78 is 5.46. The highest BCUT2D eigenvalue weighted by atomic mass is 16.6. The third-order valence-corrected chi connectivity index (χ3v) is 8.60. The number of ketones is 1. The second kappa shape index (κ2) is 8.42. The van der Waals surface area contributed by atoms with Gasteiger partial charge in [-0.1, -0.05) is 13.8 Å². The number of hydrogen-bond donors (Lipinski definition) is 3. The molecule has 0 aliphatic heterocycles. The standard InChI is InChI=1S/C24H41NO5/c1-22(2,3)30-21(29)25-13-17-18-6-7-20(28)24(18,5)11-9-19(17)23(4)10-8-16(27)12-15(23)14-26/h15-19,26-27H,6-14H2,1-5H3,(H,25,29)/t15-,16+,17+,18+,19+,23+,24+/m1/s1. The first-order valence-corrected chi connectivity index (χ1v) is 11.7. The largest absolute Gasteiger partial charge is 0.444 e. The molecule has 0 saturated heterocycles. The minimum Gasteiger partial charge on any atom is -0.444 e. The maximum atomic E-state index is 12.7. The number of fused-ring (bicyclic) bond motifs is 1. The van der Waals surface area contributed by atoms with Gasteiger partial charge in [-0.25, -0.2) is 4.79 Å². The average Bonchev–Trinajstić information content (AvgIpc) is 2.95. The summed E-state index contributed by atoms with van der Waals surface area (Å²) in [4.78, 5) is 25.1. The fraction of sp³-hybridized carbons (Fsp3) is 0.917. The highest BCUT2D eigenvalue weighted by Gasteiger charge is 2.58. The van der Waals surface area contributed by atoms with Crippen molar-refractivity contribution in [2.24, 2.45) is 34.5 Å². The lowest BCUT2D eigenvalue weighted by Gasteiger charge is -2.56. The van der Waals surface area contributed by atoms with Crippen LogP contribution < -0.4 is 5.32 Å². The Morgan fingerprint density at radius 2 is 1.87 bits per heavy atom. The number of carbonyl (C=O) groups excluding carboxylic acids is 2. The lowest BCUT2D eigenvalue weighted by molar-refractivity contribution is -0.135. The van der Waals surface area contributed by atoms with Gasteiger partial charge in [-0.3, -0.25) is 4.79 Å². The van der Waals surface area contributed by atoms with Gasteiger partial charge in [0.2, 0.25) is 0 Å². The Bertz CT molecular complexity index is 658. The Morgan fingerprint density at radius 1 is 1.17 bits per heavy atom. The van der Waals surface area contributed by atoms with Crippen molar-refractivity contribution in [1.29, 1.82) is 0 Å². The van der Waals surface area contributed by atoms with Crippen LogP contribution in [-0.2, 0) is 9.53 Å². The first-order chi connectivity index (χ1) is 13.9. The molecule has 1 amide bonds. The number of nitrogens with one attached hydrogen (secondary N) is 1. The van der Waals surface area contributed by atoms with Crippen LogP contribution in [0.4, 0.5) is 4.79 Å². The number of ether oxygens (including phenoxy) is 1. The molecular formula is C24H41NO5. The quantitative estimate of drug-likeness (QED) is 0.641. The summed E-state index contributed by atoms with van der Waals surface area (Å²) in [6.07, 6.45) is 4.75. The van der Waals surface area contributed by atoms with Crippen LogP contribution in [0.25, 0.3) is 0 Å². The smallest absolute Gasteiger partial charge is 0.407 e. The molecular weight excluding hydrogens is 382 g/mol. The molecule has 30 heavy (non-hydrogen) atoms. The van der Waals surface area contributed by atoms with Crippen molar-refractivity contribution in [2.45, 2.75) is 91.3 Å². The molecule has 6 heteroatoms. The Labute approximate surface area is 181 Å². The van der Waals surface area contributed by atoms with Crippen molar-refractivity contribution in [3.8, 4) is 0 Å². The van der Waals surface area contributed by atoms with E-state index in [4.69, 9.17) is 4.74 Å². The third-order valence-electron chi connectivity index (χ3n) is 8.60. The lowest BCUT2D eigenvalue weighted by atomic mass is 9.49. The molecule has 7 atom stereocenters. The molecule has 172 valence electrons. The van der Waals surface area contributed by atoms with E-state index in [2.05, 4.69) is 19.2 Å². The van der Waals surface area contributed by atoms with Crippen molar-refractivity contribution in [1.82, 2.24) is 5.32 Å². The number of aliphatic hydroxyl groups excluding tert-OH is 2. The molecule has 0 aromatic rings. The maximum absolute atomic E-state index is 12.7. The van der Waals surface area contributed by atoms with Gasteiger partial charge < -0.3 is 20.3 Å². The number of rotatable bonds is 4. The van der Waals surface area contributed by atoms with E-state index in [-0.39, 0.29) is 41.3 Å². The van der Waals surface area contributed by atoms with Crippen LogP contribution in [0.15, 0.2) is 0 Å². The summed E-state index contributed by atoms with van der Waals surface area (Å²) in [5.74, 6) is 1.09. The second-order valence-electron chi connectivity index (χ2n) is 11.5. The fourth-order valence-corrected chi connectivity index (χ4v) is 6.85. The molecule has 0 aromatic carbocycles. The predicted molar refractivity (Wildman–Crippen MR) is 115 cm³/mol. The molecule has 3 fully saturated rings. The third kappa shape index (κ3) is 4.40. The van der Waals surface area contributed by atoms with Crippen LogP contribution in [0.5, 0.6) is 0 Å². The van der Waals surface area contributed by atoms with Crippen molar-refractivity contribution < 1.29 is 24.5 Å². The van der Waals surface area contributed by atoms with Gasteiger partial charge in [0.15, 0.2) is 0 Å². The topological polar surface area (TPSA) is 95.9 Å². The highest BCUT2D eigenvalue weighted by molar-refractivity contribution is 5.87. The first-order valence-electron chi connectivity index (χ1n) is 11.7. The molecule has 3 aliphatic rings. The Morgan fingerprint density at radius 3 is 2.50 bits per heavy atom. The molecule has 0 heterocycles.